The van der Waals surface area contributed by atoms with E-state index in [0.717, 1.165) is 0 Å². The Morgan fingerprint density at radius 2 is 1.93 bits per heavy atom. The summed E-state index contributed by atoms with van der Waals surface area (Å²) in [7, 11) is 0. The van der Waals surface area contributed by atoms with E-state index in [-0.39, 0.29) is 0 Å². The second-order valence-corrected chi connectivity index (χ2v) is 2.61. The molecule has 84 valence electrons. The van der Waals surface area contributed by atoms with Gasteiger partial charge in [0.05, 0.1) is 0 Å². The highest BCUT2D eigenvalue weighted by Crippen LogP contribution is 2.21. The zero-order valence-corrected chi connectivity index (χ0v) is 7.13. The molecule has 0 unspecified atom stereocenters. The molecule has 0 aliphatic rings. The minimum absolute atomic E-state index is 0.397. The molecule has 2 N–H and O–H groups in total. The van der Waals surface area contributed by atoms with Gasteiger partial charge in [-0.05, 0) is 6.07 Å². The van der Waals surface area contributed by atoms with E-state index in [0.29, 0.717) is 12.3 Å². The minimum Gasteiger partial charge on any atom is -0.445 e. The molecule has 15 heavy (non-hydrogen) atoms. The fourth-order valence-corrected chi connectivity index (χ4v) is 0.840. The predicted molar refractivity (Wildman–Crippen MR) is 44.0 cm³/mol. The summed E-state index contributed by atoms with van der Waals surface area (Å²) in [6.07, 6.45) is 0.466. The molecule has 0 fully saturated rings. The number of nitrogen functional groups attached to an aromatic ring is 1. The van der Waals surface area contributed by atoms with Crippen LogP contribution in [0.1, 0.15) is 0 Å². The van der Waals surface area contributed by atoms with E-state index in [9.17, 15) is 21.7 Å². The van der Waals surface area contributed by atoms with Crippen molar-refractivity contribution in [1.82, 2.24) is 4.98 Å². The van der Waals surface area contributed by atoms with Gasteiger partial charge in [-0.2, -0.15) is 8.78 Å². The molecule has 0 amide bonds. The summed E-state index contributed by atoms with van der Waals surface area (Å²) in [5, 5.41) is 0. The van der Waals surface area contributed by atoms with Gasteiger partial charge in [0.15, 0.2) is 11.6 Å². The summed E-state index contributed by atoms with van der Waals surface area (Å²) in [5.41, 5.74) is 3.91. The maximum absolute atomic E-state index is 12.2. The van der Waals surface area contributed by atoms with Crippen LogP contribution in [0.15, 0.2) is 12.3 Å². The zero-order valence-electron chi connectivity index (χ0n) is 7.13. The molecular weight excluding hydrogens is 222 g/mol. The molecule has 0 aliphatic carbocycles. The van der Waals surface area contributed by atoms with Gasteiger partial charge in [-0.15, -0.1) is 0 Å². The standard InChI is InChI=1S/C6H5BF5N2O/c8-6(9)15-4-1-3(7(10,11)12)2-14-5(4)13/h1-2,6H,(H2,13,14)/q-1. The molecule has 0 aromatic carbocycles. The first kappa shape index (κ1) is 11.5. The molecule has 0 radical (unpaired) electrons. The third-order valence-corrected chi connectivity index (χ3v) is 1.50. The lowest BCUT2D eigenvalue weighted by Crippen LogP contribution is -2.34. The number of nitrogens with zero attached hydrogens (tertiary/aromatic N) is 1. The van der Waals surface area contributed by atoms with Gasteiger partial charge in [0.2, 0.25) is 0 Å². The van der Waals surface area contributed by atoms with Gasteiger partial charge >= 0.3 is 13.6 Å². The first-order chi connectivity index (χ1) is 6.80. The number of pyridine rings is 1. The van der Waals surface area contributed by atoms with E-state index >= 15 is 0 Å². The Kier molecular flexibility index (Phi) is 3.01. The summed E-state index contributed by atoms with van der Waals surface area (Å²) in [6.45, 7) is -8.56. The third kappa shape index (κ3) is 2.96. The first-order valence-electron chi connectivity index (χ1n) is 3.71. The van der Waals surface area contributed by atoms with E-state index in [1.54, 1.807) is 0 Å². The van der Waals surface area contributed by atoms with E-state index in [1.165, 1.54) is 0 Å². The third-order valence-electron chi connectivity index (χ3n) is 1.50. The number of hydrogen-bond acceptors (Lipinski definition) is 3. The lowest BCUT2D eigenvalue weighted by atomic mass is 9.81. The van der Waals surface area contributed by atoms with E-state index < -0.39 is 30.6 Å². The van der Waals surface area contributed by atoms with Crippen LogP contribution in [0.4, 0.5) is 27.5 Å². The molecule has 1 heterocycles. The van der Waals surface area contributed by atoms with Crippen LogP contribution in [0.25, 0.3) is 0 Å². The van der Waals surface area contributed by atoms with Crippen molar-refractivity contribution in [2.45, 2.75) is 6.61 Å². The molecule has 0 saturated heterocycles. The molecular formula is C6H5BF5N2O-. The maximum Gasteiger partial charge on any atom is 0.511 e. The molecule has 0 saturated carbocycles. The van der Waals surface area contributed by atoms with Crippen molar-refractivity contribution in [3.8, 4) is 5.75 Å². The molecule has 1 aromatic rings. The van der Waals surface area contributed by atoms with E-state index in [2.05, 4.69) is 9.72 Å². The van der Waals surface area contributed by atoms with Crippen molar-refractivity contribution in [2.24, 2.45) is 0 Å². The highest BCUT2D eigenvalue weighted by atomic mass is 19.4. The number of nitrogens with two attached hydrogens (primary N) is 1. The fourth-order valence-electron chi connectivity index (χ4n) is 0.840. The van der Waals surface area contributed by atoms with Gasteiger partial charge < -0.3 is 23.4 Å². The monoisotopic (exact) mass is 227 g/mol. The summed E-state index contributed by atoms with van der Waals surface area (Å²) in [6, 6.07) is 0.397. The number of hydrogen-bond donors (Lipinski definition) is 1. The second kappa shape index (κ2) is 3.91. The van der Waals surface area contributed by atoms with Crippen molar-refractivity contribution in [2.75, 3.05) is 5.73 Å². The topological polar surface area (TPSA) is 48.1 Å². The lowest BCUT2D eigenvalue weighted by molar-refractivity contribution is -0.0494. The van der Waals surface area contributed by atoms with Crippen LogP contribution >= 0.6 is 0 Å². The van der Waals surface area contributed by atoms with Gasteiger partial charge in [0, 0.05) is 6.20 Å². The van der Waals surface area contributed by atoms with Gasteiger partial charge in [0.1, 0.15) is 0 Å². The van der Waals surface area contributed by atoms with Crippen molar-refractivity contribution in [1.29, 1.82) is 0 Å². The Morgan fingerprint density at radius 3 is 2.40 bits per heavy atom. The van der Waals surface area contributed by atoms with Crippen molar-refractivity contribution < 1.29 is 26.5 Å². The summed E-state index contributed by atoms with van der Waals surface area (Å²) >= 11 is 0. The summed E-state index contributed by atoms with van der Waals surface area (Å²) < 4.78 is 63.8. The number of alkyl halides is 2. The normalized spacial score (nSPS) is 11.9. The smallest absolute Gasteiger partial charge is 0.445 e. The number of anilines is 1. The van der Waals surface area contributed by atoms with Crippen molar-refractivity contribution >= 4 is 18.3 Å². The SMILES string of the molecule is Nc1ncc([B-](F)(F)F)cc1OC(F)F. The Bertz CT molecular complexity index is 356. The van der Waals surface area contributed by atoms with Crippen LogP contribution in [-0.4, -0.2) is 18.6 Å². The van der Waals surface area contributed by atoms with Crippen molar-refractivity contribution in [3.05, 3.63) is 12.3 Å². The Hall–Kier alpha value is -1.54. The average molecular weight is 227 g/mol. The Labute approximate surface area is 81.1 Å². The average Bonchev–Trinajstić information content (AvgIpc) is 2.06. The summed E-state index contributed by atoms with van der Waals surface area (Å²) in [4.78, 5) is 3.11. The Balaban J connectivity index is 3.06. The molecule has 1 rings (SSSR count). The molecule has 3 nitrogen and oxygen atoms in total. The van der Waals surface area contributed by atoms with E-state index in [4.69, 9.17) is 5.73 Å². The van der Waals surface area contributed by atoms with Crippen LogP contribution < -0.4 is 15.9 Å². The molecule has 0 bridgehead atoms. The fraction of sp³-hybridized carbons (Fsp3) is 0.167. The van der Waals surface area contributed by atoms with Crippen LogP contribution in [0.2, 0.25) is 0 Å². The predicted octanol–water partition coefficient (Wildman–Crippen LogP) is 1.32. The van der Waals surface area contributed by atoms with Crippen LogP contribution in [-0.2, 0) is 0 Å². The minimum atomic E-state index is -5.31. The molecule has 0 atom stereocenters. The van der Waals surface area contributed by atoms with Crippen LogP contribution in [0, 0.1) is 0 Å². The number of ether oxygens (including phenoxy) is 1. The van der Waals surface area contributed by atoms with Crippen molar-refractivity contribution in [3.63, 3.8) is 0 Å². The number of halogens is 5. The highest BCUT2D eigenvalue weighted by molar-refractivity contribution is 6.73. The number of aromatic nitrogens is 1. The van der Waals surface area contributed by atoms with Gasteiger partial charge in [-0.25, -0.2) is 4.98 Å². The number of rotatable bonds is 3. The maximum atomic E-state index is 12.2. The van der Waals surface area contributed by atoms with Gasteiger partial charge in [-0.3, -0.25) is 0 Å². The zero-order chi connectivity index (χ0) is 11.6. The Morgan fingerprint density at radius 1 is 1.33 bits per heavy atom. The summed E-state index contributed by atoms with van der Waals surface area (Å²) in [5.74, 6) is -1.29. The molecule has 0 aliphatic heterocycles. The van der Waals surface area contributed by atoms with Crippen LogP contribution in [0.3, 0.4) is 0 Å². The van der Waals surface area contributed by atoms with Gasteiger partial charge in [-0.1, -0.05) is 5.46 Å². The lowest BCUT2D eigenvalue weighted by Gasteiger charge is -2.16. The molecule has 9 heteroatoms. The van der Waals surface area contributed by atoms with Gasteiger partial charge in [0.25, 0.3) is 0 Å². The first-order valence-corrected chi connectivity index (χ1v) is 3.71. The van der Waals surface area contributed by atoms with Crippen LogP contribution in [0.5, 0.6) is 5.75 Å². The molecule has 1 aromatic heterocycles. The quantitative estimate of drug-likeness (QED) is 0.625. The second-order valence-electron chi connectivity index (χ2n) is 2.61. The molecule has 0 spiro atoms. The largest absolute Gasteiger partial charge is 0.511 e. The highest BCUT2D eigenvalue weighted by Gasteiger charge is 2.27. The van der Waals surface area contributed by atoms with E-state index in [1.807, 2.05) is 0 Å².